The van der Waals surface area contributed by atoms with E-state index >= 15 is 0 Å². The third-order valence-corrected chi connectivity index (χ3v) is 7.08. The molecule has 4 rings (SSSR count). The number of sulfonamides is 1. The minimum absolute atomic E-state index is 0.154. The van der Waals surface area contributed by atoms with Crippen molar-refractivity contribution in [1.29, 1.82) is 0 Å². The van der Waals surface area contributed by atoms with Gasteiger partial charge in [-0.3, -0.25) is 0 Å². The van der Waals surface area contributed by atoms with E-state index in [1.54, 1.807) is 38.5 Å². The standard InChI is InChI=1S/C21H23N3O5S/c1-27-17-8-10-19(11-9-17)30(25,26)24-12-4-6-16(14-24)21-22-20(23-29-21)15-5-3-7-18(13-15)28-2/h3,5,7-11,13,16H,4,6,12,14H2,1-2H3/t16-/m1/s1. The first kappa shape index (κ1) is 20.4. The van der Waals surface area contributed by atoms with E-state index in [0.29, 0.717) is 36.3 Å². The van der Waals surface area contributed by atoms with Crippen molar-refractivity contribution in [3.63, 3.8) is 0 Å². The quantitative estimate of drug-likeness (QED) is 0.593. The Balaban J connectivity index is 1.53. The molecule has 0 saturated carbocycles. The number of benzene rings is 2. The zero-order valence-electron chi connectivity index (χ0n) is 16.8. The smallest absolute Gasteiger partial charge is 0.243 e. The number of nitrogens with zero attached hydrogens (tertiary/aromatic N) is 3. The third-order valence-electron chi connectivity index (χ3n) is 5.20. The fourth-order valence-corrected chi connectivity index (χ4v) is 5.06. The Labute approximate surface area is 175 Å². The molecule has 1 aliphatic heterocycles. The molecule has 30 heavy (non-hydrogen) atoms. The summed E-state index contributed by atoms with van der Waals surface area (Å²) in [4.78, 5) is 4.76. The molecular weight excluding hydrogens is 406 g/mol. The molecule has 1 saturated heterocycles. The van der Waals surface area contributed by atoms with Gasteiger partial charge in [-0.25, -0.2) is 8.42 Å². The van der Waals surface area contributed by atoms with E-state index < -0.39 is 10.0 Å². The van der Waals surface area contributed by atoms with Gasteiger partial charge in [0.1, 0.15) is 11.5 Å². The lowest BCUT2D eigenvalue weighted by molar-refractivity contribution is 0.265. The molecule has 0 N–H and O–H groups in total. The predicted molar refractivity (Wildman–Crippen MR) is 110 cm³/mol. The average Bonchev–Trinajstić information content (AvgIpc) is 3.30. The third kappa shape index (κ3) is 4.03. The molecule has 0 spiro atoms. The van der Waals surface area contributed by atoms with E-state index in [1.165, 1.54) is 4.31 Å². The fraction of sp³-hybridized carbons (Fsp3) is 0.333. The van der Waals surface area contributed by atoms with Gasteiger partial charge in [0.15, 0.2) is 0 Å². The number of ether oxygens (including phenoxy) is 2. The maximum absolute atomic E-state index is 13.1. The minimum atomic E-state index is -3.61. The molecule has 1 fully saturated rings. The number of methoxy groups -OCH3 is 2. The van der Waals surface area contributed by atoms with Crippen LogP contribution < -0.4 is 9.47 Å². The number of hydrogen-bond donors (Lipinski definition) is 0. The molecule has 158 valence electrons. The van der Waals surface area contributed by atoms with Crippen LogP contribution in [-0.2, 0) is 10.0 Å². The molecule has 3 aromatic rings. The Kier molecular flexibility index (Phi) is 5.74. The van der Waals surface area contributed by atoms with Crippen LogP contribution in [0.25, 0.3) is 11.4 Å². The van der Waals surface area contributed by atoms with Crippen molar-refractivity contribution in [3.8, 4) is 22.9 Å². The summed E-state index contributed by atoms with van der Waals surface area (Å²) in [6.07, 6.45) is 1.51. The van der Waals surface area contributed by atoms with Crippen molar-refractivity contribution in [2.24, 2.45) is 0 Å². The highest BCUT2D eigenvalue weighted by Gasteiger charge is 2.33. The van der Waals surface area contributed by atoms with E-state index in [2.05, 4.69) is 10.1 Å². The van der Waals surface area contributed by atoms with Crippen molar-refractivity contribution >= 4 is 10.0 Å². The first-order valence-corrected chi connectivity index (χ1v) is 11.1. The molecule has 2 heterocycles. The van der Waals surface area contributed by atoms with Crippen molar-refractivity contribution in [3.05, 3.63) is 54.4 Å². The fourth-order valence-electron chi connectivity index (χ4n) is 3.54. The van der Waals surface area contributed by atoms with Crippen molar-refractivity contribution in [2.75, 3.05) is 27.3 Å². The Morgan fingerprint density at radius 2 is 1.83 bits per heavy atom. The highest BCUT2D eigenvalue weighted by atomic mass is 32.2. The van der Waals surface area contributed by atoms with Gasteiger partial charge in [0.05, 0.1) is 25.0 Å². The first-order chi connectivity index (χ1) is 14.5. The summed E-state index contributed by atoms with van der Waals surface area (Å²) in [7, 11) is -0.468. The molecule has 9 heteroatoms. The van der Waals surface area contributed by atoms with Crippen molar-refractivity contribution < 1.29 is 22.4 Å². The summed E-state index contributed by atoms with van der Waals surface area (Å²) in [6, 6.07) is 13.8. The van der Waals surface area contributed by atoms with Gasteiger partial charge in [0.25, 0.3) is 0 Å². The van der Waals surface area contributed by atoms with E-state index in [4.69, 9.17) is 14.0 Å². The van der Waals surface area contributed by atoms with Crippen LogP contribution in [0.3, 0.4) is 0 Å². The summed E-state index contributed by atoms with van der Waals surface area (Å²) < 4.78 is 43.5. The molecule has 0 amide bonds. The summed E-state index contributed by atoms with van der Waals surface area (Å²) in [5.74, 6) is 2.06. The zero-order chi connectivity index (χ0) is 21.1. The first-order valence-electron chi connectivity index (χ1n) is 9.63. The number of aromatic nitrogens is 2. The van der Waals surface area contributed by atoms with Crippen LogP contribution >= 0.6 is 0 Å². The molecule has 2 aromatic carbocycles. The topological polar surface area (TPSA) is 94.8 Å². The highest BCUT2D eigenvalue weighted by Crippen LogP contribution is 2.31. The van der Waals surface area contributed by atoms with Gasteiger partial charge in [-0.2, -0.15) is 9.29 Å². The molecule has 1 atom stereocenters. The lowest BCUT2D eigenvalue weighted by atomic mass is 10.00. The lowest BCUT2D eigenvalue weighted by Gasteiger charge is -2.30. The molecular formula is C21H23N3O5S. The number of piperidine rings is 1. The molecule has 0 aliphatic carbocycles. The maximum Gasteiger partial charge on any atom is 0.243 e. The second kappa shape index (κ2) is 8.45. The van der Waals surface area contributed by atoms with Crippen LogP contribution in [0.4, 0.5) is 0 Å². The monoisotopic (exact) mass is 429 g/mol. The van der Waals surface area contributed by atoms with Crippen LogP contribution in [0, 0.1) is 0 Å². The van der Waals surface area contributed by atoms with Crippen LogP contribution in [-0.4, -0.2) is 50.2 Å². The van der Waals surface area contributed by atoms with E-state index in [1.807, 2.05) is 24.3 Å². The minimum Gasteiger partial charge on any atom is -0.497 e. The van der Waals surface area contributed by atoms with Gasteiger partial charge >= 0.3 is 0 Å². The van der Waals surface area contributed by atoms with Gasteiger partial charge in [-0.15, -0.1) is 0 Å². The SMILES string of the molecule is COc1ccc(S(=O)(=O)N2CCC[C@@H](c3nc(-c4cccc(OC)c4)no3)C2)cc1. The second-order valence-corrected chi connectivity index (χ2v) is 9.00. The molecule has 8 nitrogen and oxygen atoms in total. The van der Waals surface area contributed by atoms with Gasteiger partial charge in [0.2, 0.25) is 21.7 Å². The van der Waals surface area contributed by atoms with Crippen molar-refractivity contribution in [2.45, 2.75) is 23.7 Å². The number of rotatable bonds is 6. The maximum atomic E-state index is 13.1. The molecule has 1 aromatic heterocycles. The normalized spacial score (nSPS) is 17.6. The van der Waals surface area contributed by atoms with Crippen LogP contribution in [0.5, 0.6) is 11.5 Å². The summed E-state index contributed by atoms with van der Waals surface area (Å²) in [6.45, 7) is 0.760. The van der Waals surface area contributed by atoms with E-state index in [9.17, 15) is 8.42 Å². The molecule has 1 aliphatic rings. The van der Waals surface area contributed by atoms with Crippen LogP contribution in [0.2, 0.25) is 0 Å². The number of hydrogen-bond acceptors (Lipinski definition) is 7. The van der Waals surface area contributed by atoms with Gasteiger partial charge < -0.3 is 14.0 Å². The van der Waals surface area contributed by atoms with Crippen LogP contribution in [0.1, 0.15) is 24.7 Å². The Morgan fingerprint density at radius 1 is 1.07 bits per heavy atom. The van der Waals surface area contributed by atoms with E-state index in [0.717, 1.165) is 18.4 Å². The average molecular weight is 429 g/mol. The second-order valence-electron chi connectivity index (χ2n) is 7.07. The van der Waals surface area contributed by atoms with Gasteiger partial charge in [-0.05, 0) is 49.2 Å². The lowest BCUT2D eigenvalue weighted by Crippen LogP contribution is -2.39. The van der Waals surface area contributed by atoms with Crippen LogP contribution in [0.15, 0.2) is 57.9 Å². The molecule has 0 radical (unpaired) electrons. The Morgan fingerprint density at radius 3 is 2.57 bits per heavy atom. The summed E-state index contributed by atoms with van der Waals surface area (Å²) >= 11 is 0. The summed E-state index contributed by atoms with van der Waals surface area (Å²) in [5, 5.41) is 4.08. The van der Waals surface area contributed by atoms with Crippen molar-refractivity contribution in [1.82, 2.24) is 14.4 Å². The molecule has 0 unspecified atom stereocenters. The Bertz CT molecular complexity index is 1110. The predicted octanol–water partition coefficient (Wildman–Crippen LogP) is 3.32. The largest absolute Gasteiger partial charge is 0.497 e. The summed E-state index contributed by atoms with van der Waals surface area (Å²) in [5.41, 5.74) is 0.780. The Hall–Kier alpha value is -2.91. The van der Waals surface area contributed by atoms with Gasteiger partial charge in [0, 0.05) is 18.7 Å². The molecule has 0 bridgehead atoms. The van der Waals surface area contributed by atoms with Gasteiger partial charge in [-0.1, -0.05) is 17.3 Å². The van der Waals surface area contributed by atoms with E-state index in [-0.39, 0.29) is 10.8 Å². The zero-order valence-corrected chi connectivity index (χ0v) is 17.6. The highest BCUT2D eigenvalue weighted by molar-refractivity contribution is 7.89.